The van der Waals surface area contributed by atoms with Crippen LogP contribution in [0.1, 0.15) is 23.7 Å². The normalized spacial score (nSPS) is 10.0. The second-order valence-electron chi connectivity index (χ2n) is 3.78. The van der Waals surface area contributed by atoms with Crippen molar-refractivity contribution >= 4 is 23.0 Å². The Morgan fingerprint density at radius 2 is 1.88 bits per heavy atom. The van der Waals surface area contributed by atoms with E-state index in [0.29, 0.717) is 5.11 Å². The van der Waals surface area contributed by atoms with Crippen molar-refractivity contribution in [3.8, 4) is 0 Å². The maximum Gasteiger partial charge on any atom is 0.170 e. The lowest BCUT2D eigenvalue weighted by atomic mass is 10.1. The third-order valence-electron chi connectivity index (χ3n) is 2.46. The van der Waals surface area contributed by atoms with Crippen molar-refractivity contribution in [3.05, 3.63) is 29.8 Å². The summed E-state index contributed by atoms with van der Waals surface area (Å²) in [5, 5.41) is 10.2. The molecule has 1 aromatic carbocycles. The summed E-state index contributed by atoms with van der Waals surface area (Å²) in [4.78, 5) is 0. The van der Waals surface area contributed by atoms with Gasteiger partial charge in [-0.05, 0) is 42.9 Å². The SMILES string of the molecule is CCNCCNC(=S)Nc1ccc(CC)cc1.[HH].[HH].[HH]. The number of anilines is 1. The largest absolute Gasteiger partial charge is 0.361 e. The Bertz CT molecular complexity index is 347. The monoisotopic (exact) mass is 257 g/mol. The van der Waals surface area contributed by atoms with Crippen LogP contribution in [0.15, 0.2) is 24.3 Å². The zero-order chi connectivity index (χ0) is 12.5. The number of rotatable bonds is 6. The molecule has 0 atom stereocenters. The molecule has 3 N–H and O–H groups in total. The van der Waals surface area contributed by atoms with E-state index < -0.39 is 0 Å². The molecule has 0 aliphatic heterocycles. The smallest absolute Gasteiger partial charge is 0.170 e. The number of thiocarbonyl (C=S) groups is 1. The first-order valence-electron chi connectivity index (χ1n) is 6.10. The van der Waals surface area contributed by atoms with Gasteiger partial charge in [-0.15, -0.1) is 0 Å². The van der Waals surface area contributed by atoms with E-state index >= 15 is 0 Å². The van der Waals surface area contributed by atoms with Gasteiger partial charge in [0.15, 0.2) is 5.11 Å². The van der Waals surface area contributed by atoms with E-state index in [-0.39, 0.29) is 4.28 Å². The molecule has 1 rings (SSSR count). The summed E-state index contributed by atoms with van der Waals surface area (Å²) >= 11 is 5.20. The summed E-state index contributed by atoms with van der Waals surface area (Å²) in [5.74, 6) is 0. The van der Waals surface area contributed by atoms with Crippen LogP contribution in [0.25, 0.3) is 0 Å². The van der Waals surface area contributed by atoms with Crippen LogP contribution in [0.4, 0.5) is 5.69 Å². The van der Waals surface area contributed by atoms with Gasteiger partial charge in [-0.3, -0.25) is 0 Å². The van der Waals surface area contributed by atoms with E-state index in [0.717, 1.165) is 31.7 Å². The van der Waals surface area contributed by atoms with E-state index in [9.17, 15) is 0 Å². The highest BCUT2D eigenvalue weighted by molar-refractivity contribution is 7.80. The van der Waals surface area contributed by atoms with Gasteiger partial charge >= 0.3 is 0 Å². The zero-order valence-corrected chi connectivity index (χ0v) is 11.4. The fraction of sp³-hybridized carbons (Fsp3) is 0.462. The van der Waals surface area contributed by atoms with Crippen molar-refractivity contribution < 1.29 is 4.28 Å². The van der Waals surface area contributed by atoms with Crippen LogP contribution in [-0.2, 0) is 6.42 Å². The molecule has 0 saturated heterocycles. The standard InChI is InChI=1S/C13H21N3S.3H2/c1-3-11-5-7-12(8-6-11)16-13(17)15-10-9-14-4-2;;;/h5-8,14H,3-4,9-10H2,1-2H3,(H2,15,16,17);3*1H. The quantitative estimate of drug-likeness (QED) is 0.541. The fourth-order valence-corrected chi connectivity index (χ4v) is 1.66. The fourth-order valence-electron chi connectivity index (χ4n) is 1.44. The van der Waals surface area contributed by atoms with E-state index in [1.165, 1.54) is 5.56 Å². The molecule has 0 unspecified atom stereocenters. The molecule has 100 valence electrons. The summed E-state index contributed by atoms with van der Waals surface area (Å²) in [6.07, 6.45) is 1.06. The molecule has 4 heteroatoms. The van der Waals surface area contributed by atoms with E-state index in [2.05, 4.69) is 54.1 Å². The first kappa shape index (κ1) is 13.9. The predicted octanol–water partition coefficient (Wildman–Crippen LogP) is 2.88. The minimum Gasteiger partial charge on any atom is -0.361 e. The number of benzene rings is 1. The van der Waals surface area contributed by atoms with Crippen molar-refractivity contribution in [2.45, 2.75) is 20.3 Å². The Morgan fingerprint density at radius 1 is 1.18 bits per heavy atom. The Hall–Kier alpha value is -1.13. The molecule has 0 radical (unpaired) electrons. The van der Waals surface area contributed by atoms with Gasteiger partial charge in [-0.2, -0.15) is 0 Å². The average Bonchev–Trinajstić information content (AvgIpc) is 2.36. The summed E-state index contributed by atoms with van der Waals surface area (Å²) in [6.45, 7) is 6.99. The topological polar surface area (TPSA) is 36.1 Å². The number of aryl methyl sites for hydroxylation is 1. The first-order valence-corrected chi connectivity index (χ1v) is 6.51. The highest BCUT2D eigenvalue weighted by atomic mass is 32.1. The van der Waals surface area contributed by atoms with Gasteiger partial charge in [0, 0.05) is 23.1 Å². The summed E-state index contributed by atoms with van der Waals surface area (Å²) in [6, 6.07) is 8.33. The van der Waals surface area contributed by atoms with Crippen molar-refractivity contribution in [2.24, 2.45) is 0 Å². The molecule has 0 heterocycles. The Labute approximate surface area is 113 Å². The molecule has 0 bridgehead atoms. The van der Waals surface area contributed by atoms with Gasteiger partial charge in [-0.25, -0.2) is 0 Å². The lowest BCUT2D eigenvalue weighted by Gasteiger charge is -2.10. The maximum absolute atomic E-state index is 5.20. The second kappa shape index (κ2) is 8.03. The van der Waals surface area contributed by atoms with Crippen molar-refractivity contribution in [3.63, 3.8) is 0 Å². The molecule has 0 spiro atoms. The molecule has 0 aromatic heterocycles. The number of hydrogen-bond donors (Lipinski definition) is 3. The van der Waals surface area contributed by atoms with Gasteiger partial charge in [0.1, 0.15) is 0 Å². The number of hydrogen-bond acceptors (Lipinski definition) is 2. The number of nitrogens with one attached hydrogen (secondary N) is 3. The van der Waals surface area contributed by atoms with Gasteiger partial charge in [0.25, 0.3) is 0 Å². The highest BCUT2D eigenvalue weighted by Crippen LogP contribution is 2.09. The molecule has 0 aliphatic rings. The maximum atomic E-state index is 5.20. The first-order chi connectivity index (χ1) is 8.26. The van der Waals surface area contributed by atoms with Crippen LogP contribution in [-0.4, -0.2) is 24.7 Å². The van der Waals surface area contributed by atoms with Gasteiger partial charge in [-0.1, -0.05) is 26.0 Å². The zero-order valence-electron chi connectivity index (χ0n) is 10.5. The molecule has 0 aliphatic carbocycles. The molecule has 0 fully saturated rings. The Morgan fingerprint density at radius 3 is 2.47 bits per heavy atom. The Balaban J connectivity index is -0.000000963. The highest BCUT2D eigenvalue weighted by Gasteiger charge is 1.96. The van der Waals surface area contributed by atoms with Crippen LogP contribution in [0.5, 0.6) is 0 Å². The van der Waals surface area contributed by atoms with Crippen molar-refractivity contribution in [1.29, 1.82) is 0 Å². The minimum absolute atomic E-state index is 0. The second-order valence-corrected chi connectivity index (χ2v) is 4.19. The number of likely N-dealkylation sites (N-methyl/N-ethyl adjacent to an activating group) is 1. The van der Waals surface area contributed by atoms with E-state index in [1.807, 2.05) is 0 Å². The summed E-state index contributed by atoms with van der Waals surface area (Å²) in [5.41, 5.74) is 2.37. The molecule has 1 aromatic rings. The van der Waals surface area contributed by atoms with Crippen LogP contribution in [0.2, 0.25) is 0 Å². The molecule has 0 saturated carbocycles. The van der Waals surface area contributed by atoms with Crippen LogP contribution >= 0.6 is 12.2 Å². The molecule has 0 amide bonds. The van der Waals surface area contributed by atoms with Gasteiger partial charge < -0.3 is 16.0 Å². The third kappa shape index (κ3) is 5.65. The summed E-state index contributed by atoms with van der Waals surface area (Å²) in [7, 11) is 0. The van der Waals surface area contributed by atoms with E-state index in [1.54, 1.807) is 0 Å². The van der Waals surface area contributed by atoms with Crippen molar-refractivity contribution in [2.75, 3.05) is 25.0 Å². The van der Waals surface area contributed by atoms with E-state index in [4.69, 9.17) is 12.2 Å². The van der Waals surface area contributed by atoms with Crippen molar-refractivity contribution in [1.82, 2.24) is 10.6 Å². The van der Waals surface area contributed by atoms with Gasteiger partial charge in [0.05, 0.1) is 0 Å². The average molecular weight is 257 g/mol. The van der Waals surface area contributed by atoms with Crippen LogP contribution < -0.4 is 16.0 Å². The minimum atomic E-state index is 0. The lowest BCUT2D eigenvalue weighted by Crippen LogP contribution is -2.34. The van der Waals surface area contributed by atoms with Crippen LogP contribution in [0, 0.1) is 0 Å². The van der Waals surface area contributed by atoms with Gasteiger partial charge in [0.2, 0.25) is 0 Å². The molecule has 3 nitrogen and oxygen atoms in total. The Kier molecular flexibility index (Phi) is 6.58. The summed E-state index contributed by atoms with van der Waals surface area (Å²) < 4.78 is 0. The lowest BCUT2D eigenvalue weighted by molar-refractivity contribution is 0.699. The molecular formula is C13H27N3S. The molecule has 17 heavy (non-hydrogen) atoms. The third-order valence-corrected chi connectivity index (χ3v) is 2.70. The predicted molar refractivity (Wildman–Crippen MR) is 84.9 cm³/mol. The van der Waals surface area contributed by atoms with Crippen LogP contribution in [0.3, 0.4) is 0 Å². The molecular weight excluding hydrogens is 230 g/mol.